The Bertz CT molecular complexity index is 1240. The first-order valence-electron chi connectivity index (χ1n) is 9.70. The molecule has 1 amide bonds. The summed E-state index contributed by atoms with van der Waals surface area (Å²) in [5.74, 6) is -0.126. The Labute approximate surface area is 181 Å². The van der Waals surface area contributed by atoms with E-state index in [2.05, 4.69) is 21.7 Å². The topological polar surface area (TPSA) is 66.7 Å². The molecule has 0 radical (unpaired) electrons. The van der Waals surface area contributed by atoms with Gasteiger partial charge in [-0.05, 0) is 23.6 Å². The van der Waals surface area contributed by atoms with Gasteiger partial charge in [-0.25, -0.2) is 4.98 Å². The van der Waals surface area contributed by atoms with E-state index in [0.717, 1.165) is 30.3 Å². The van der Waals surface area contributed by atoms with Crippen LogP contribution in [0.5, 0.6) is 0 Å². The van der Waals surface area contributed by atoms with Gasteiger partial charge in [0.05, 0.1) is 22.5 Å². The van der Waals surface area contributed by atoms with Gasteiger partial charge < -0.3 is 9.32 Å². The fourth-order valence-corrected chi connectivity index (χ4v) is 5.18. The van der Waals surface area contributed by atoms with Gasteiger partial charge in [-0.1, -0.05) is 18.2 Å². The highest BCUT2D eigenvalue weighted by atomic mass is 32.1. The number of rotatable bonds is 4. The highest BCUT2D eigenvalue weighted by molar-refractivity contribution is 7.14. The smallest absolute Gasteiger partial charge is 0.289 e. The Morgan fingerprint density at radius 2 is 1.90 bits per heavy atom. The number of hydrogen-bond acceptors (Lipinski definition) is 7. The maximum absolute atomic E-state index is 12.9. The molecule has 1 aromatic carbocycles. The molecule has 4 heterocycles. The fraction of sp³-hybridized carbons (Fsp3) is 0.227. The zero-order chi connectivity index (χ0) is 20.5. The van der Waals surface area contributed by atoms with Crippen LogP contribution in [-0.2, 0) is 6.54 Å². The normalized spacial score (nSPS) is 15.0. The fourth-order valence-electron chi connectivity index (χ4n) is 3.59. The lowest BCUT2D eigenvalue weighted by molar-refractivity contribution is 0.0598. The second-order valence-corrected chi connectivity index (χ2v) is 9.03. The molecule has 3 aromatic heterocycles. The van der Waals surface area contributed by atoms with Gasteiger partial charge in [0, 0.05) is 37.6 Å². The summed E-state index contributed by atoms with van der Waals surface area (Å²) < 4.78 is 5.71. The summed E-state index contributed by atoms with van der Waals surface area (Å²) in [6.45, 7) is 3.50. The first-order valence-corrected chi connectivity index (χ1v) is 11.5. The van der Waals surface area contributed by atoms with Crippen molar-refractivity contribution < 1.29 is 9.21 Å². The van der Waals surface area contributed by atoms with Gasteiger partial charge in [-0.2, -0.15) is 0 Å². The second-order valence-electron chi connectivity index (χ2n) is 7.14. The van der Waals surface area contributed by atoms with Gasteiger partial charge in [-0.3, -0.25) is 14.5 Å². The Morgan fingerprint density at radius 3 is 2.70 bits per heavy atom. The Balaban J connectivity index is 1.23. The summed E-state index contributed by atoms with van der Waals surface area (Å²) in [5.41, 5.74) is 1.28. The maximum Gasteiger partial charge on any atom is 0.289 e. The average Bonchev–Trinajstić information content (AvgIpc) is 3.46. The molecule has 6 nitrogen and oxygen atoms in total. The van der Waals surface area contributed by atoms with E-state index in [1.807, 2.05) is 6.07 Å². The van der Waals surface area contributed by atoms with Gasteiger partial charge in [0.1, 0.15) is 10.6 Å². The Morgan fingerprint density at radius 1 is 1.07 bits per heavy atom. The summed E-state index contributed by atoms with van der Waals surface area (Å²) in [7, 11) is 0. The van der Waals surface area contributed by atoms with Crippen molar-refractivity contribution in [3.05, 3.63) is 74.2 Å². The summed E-state index contributed by atoms with van der Waals surface area (Å²) in [5, 5.41) is 5.73. The van der Waals surface area contributed by atoms with Gasteiger partial charge in [0.2, 0.25) is 0 Å². The highest BCUT2D eigenvalue weighted by Crippen LogP contribution is 2.26. The predicted molar refractivity (Wildman–Crippen MR) is 119 cm³/mol. The molecular weight excluding hydrogens is 418 g/mol. The number of nitrogens with zero attached hydrogens (tertiary/aromatic N) is 3. The lowest BCUT2D eigenvalue weighted by Crippen LogP contribution is -2.48. The van der Waals surface area contributed by atoms with Gasteiger partial charge in [0.25, 0.3) is 5.91 Å². The van der Waals surface area contributed by atoms with Crippen LogP contribution in [0.15, 0.2) is 62.4 Å². The van der Waals surface area contributed by atoms with E-state index in [4.69, 9.17) is 9.40 Å². The molecule has 4 aromatic rings. The van der Waals surface area contributed by atoms with Crippen LogP contribution >= 0.6 is 22.7 Å². The van der Waals surface area contributed by atoms with Crippen LogP contribution in [0.1, 0.15) is 15.6 Å². The van der Waals surface area contributed by atoms with E-state index in [-0.39, 0.29) is 17.1 Å². The van der Waals surface area contributed by atoms with Crippen LogP contribution in [0.4, 0.5) is 0 Å². The number of thiophene rings is 1. The average molecular weight is 438 g/mol. The molecule has 1 fully saturated rings. The third-order valence-electron chi connectivity index (χ3n) is 5.19. The molecule has 0 saturated carbocycles. The first-order chi connectivity index (χ1) is 14.7. The number of hydrogen-bond donors (Lipinski definition) is 0. The monoisotopic (exact) mass is 437 g/mol. The summed E-state index contributed by atoms with van der Waals surface area (Å²) in [6.07, 6.45) is 0. The number of carbonyl (C=O) groups excluding carboxylic acids is 1. The standard InChI is InChI=1S/C22H19N3O3S2/c26-17-12-19(28-18-5-2-1-4-15(17)18)22(27)25-9-7-24(8-10-25)13-21-23-16(14-30-21)20-6-3-11-29-20/h1-6,11-12,14H,7-10,13H2. The van der Waals surface area contributed by atoms with Crippen LogP contribution in [0.3, 0.4) is 0 Å². The van der Waals surface area contributed by atoms with Crippen molar-refractivity contribution >= 4 is 39.5 Å². The molecule has 0 spiro atoms. The molecule has 1 aliphatic heterocycles. The van der Waals surface area contributed by atoms with Crippen LogP contribution in [-0.4, -0.2) is 46.9 Å². The molecule has 8 heteroatoms. The molecule has 30 heavy (non-hydrogen) atoms. The molecule has 0 atom stereocenters. The summed E-state index contributed by atoms with van der Waals surface area (Å²) >= 11 is 3.37. The van der Waals surface area contributed by atoms with Crippen molar-refractivity contribution in [1.82, 2.24) is 14.8 Å². The summed E-state index contributed by atoms with van der Waals surface area (Å²) in [4.78, 5) is 35.1. The maximum atomic E-state index is 12.9. The number of carbonyl (C=O) groups is 1. The zero-order valence-corrected chi connectivity index (χ0v) is 17.7. The first kappa shape index (κ1) is 19.2. The molecule has 152 valence electrons. The number of thiazole rings is 1. The SMILES string of the molecule is O=C(c1cc(=O)c2ccccc2o1)N1CCN(Cc2nc(-c3cccs3)cs2)CC1. The Hall–Kier alpha value is -2.81. The van der Waals surface area contributed by atoms with E-state index in [9.17, 15) is 9.59 Å². The van der Waals surface area contributed by atoms with Crippen molar-refractivity contribution in [2.45, 2.75) is 6.54 Å². The van der Waals surface area contributed by atoms with Crippen molar-refractivity contribution in [1.29, 1.82) is 0 Å². The van der Waals surface area contributed by atoms with E-state index >= 15 is 0 Å². The second kappa shape index (κ2) is 8.14. The van der Waals surface area contributed by atoms with Crippen molar-refractivity contribution in [3.8, 4) is 10.6 Å². The molecule has 0 bridgehead atoms. The zero-order valence-electron chi connectivity index (χ0n) is 16.1. The molecule has 0 N–H and O–H groups in total. The van der Waals surface area contributed by atoms with Gasteiger partial charge >= 0.3 is 0 Å². The van der Waals surface area contributed by atoms with Crippen LogP contribution in [0.2, 0.25) is 0 Å². The third kappa shape index (κ3) is 3.81. The number of benzene rings is 1. The molecule has 1 saturated heterocycles. The minimum atomic E-state index is -0.230. The summed E-state index contributed by atoms with van der Waals surface area (Å²) in [6, 6.07) is 12.4. The lowest BCUT2D eigenvalue weighted by atomic mass is 10.2. The Kier molecular flexibility index (Phi) is 5.20. The molecule has 0 unspecified atom stereocenters. The van der Waals surface area contributed by atoms with Crippen LogP contribution in [0, 0.1) is 0 Å². The molecular formula is C22H19N3O3S2. The van der Waals surface area contributed by atoms with Crippen molar-refractivity contribution in [2.24, 2.45) is 0 Å². The van der Waals surface area contributed by atoms with Crippen LogP contribution < -0.4 is 5.43 Å². The molecule has 0 aliphatic carbocycles. The number of para-hydroxylation sites is 1. The number of amides is 1. The van der Waals surface area contributed by atoms with E-state index in [1.165, 1.54) is 10.9 Å². The largest absolute Gasteiger partial charge is 0.451 e. The lowest BCUT2D eigenvalue weighted by Gasteiger charge is -2.33. The van der Waals surface area contributed by atoms with E-state index in [0.29, 0.717) is 24.1 Å². The highest BCUT2D eigenvalue weighted by Gasteiger charge is 2.25. The molecule has 1 aliphatic rings. The van der Waals surface area contributed by atoms with Gasteiger partial charge in [0.15, 0.2) is 11.2 Å². The minimum absolute atomic E-state index is 0.104. The quantitative estimate of drug-likeness (QED) is 0.484. The number of aromatic nitrogens is 1. The third-order valence-corrected chi connectivity index (χ3v) is 6.92. The van der Waals surface area contributed by atoms with E-state index in [1.54, 1.807) is 51.8 Å². The van der Waals surface area contributed by atoms with Gasteiger partial charge in [-0.15, -0.1) is 22.7 Å². The molecule has 5 rings (SSSR count). The minimum Gasteiger partial charge on any atom is -0.451 e. The number of fused-ring (bicyclic) bond motifs is 1. The van der Waals surface area contributed by atoms with Crippen LogP contribution in [0.25, 0.3) is 21.5 Å². The van der Waals surface area contributed by atoms with Crippen molar-refractivity contribution in [3.63, 3.8) is 0 Å². The number of piperazine rings is 1. The predicted octanol–water partition coefficient (Wildman–Crippen LogP) is 3.94. The van der Waals surface area contributed by atoms with Crippen molar-refractivity contribution in [2.75, 3.05) is 26.2 Å². The van der Waals surface area contributed by atoms with E-state index < -0.39 is 0 Å².